The van der Waals surface area contributed by atoms with Crippen LogP contribution in [-0.4, -0.2) is 42.0 Å². The second-order valence-corrected chi connectivity index (χ2v) is 6.94. The summed E-state index contributed by atoms with van der Waals surface area (Å²) in [5.41, 5.74) is 1.30. The summed E-state index contributed by atoms with van der Waals surface area (Å²) in [6.07, 6.45) is -3.36. The molecule has 2 saturated heterocycles. The zero-order chi connectivity index (χ0) is 20.3. The molecular formula is C16H13N3O7S2. The van der Waals surface area contributed by atoms with Crippen LogP contribution in [-0.2, 0) is 19.1 Å². The first-order chi connectivity index (χ1) is 13.4. The van der Waals surface area contributed by atoms with Crippen LogP contribution in [0.3, 0.4) is 0 Å². The topological polar surface area (TPSA) is 131 Å². The van der Waals surface area contributed by atoms with Crippen LogP contribution in [0.15, 0.2) is 33.7 Å². The van der Waals surface area contributed by atoms with Gasteiger partial charge in [-0.05, 0) is 33.7 Å². The van der Waals surface area contributed by atoms with Crippen molar-refractivity contribution in [2.24, 2.45) is 0 Å². The van der Waals surface area contributed by atoms with Crippen LogP contribution in [0.4, 0.5) is 14.4 Å². The Hall–Kier alpha value is -3.25. The molecule has 2 aliphatic heterocycles. The Kier molecular flexibility index (Phi) is 5.70. The summed E-state index contributed by atoms with van der Waals surface area (Å²) in [4.78, 5) is 56.4. The van der Waals surface area contributed by atoms with Crippen LogP contribution in [0.1, 0.15) is 23.3 Å². The lowest BCUT2D eigenvalue weighted by Crippen LogP contribution is -2.41. The number of nitrogens with one attached hydrogen (secondary N) is 2. The maximum absolute atomic E-state index is 11.7. The first-order valence-electron chi connectivity index (χ1n) is 7.74. The fraction of sp³-hybridized carbons (Fsp3) is 0.188. The molecule has 2 unspecified atom stereocenters. The van der Waals surface area contributed by atoms with E-state index < -0.39 is 42.2 Å². The molecule has 28 heavy (non-hydrogen) atoms. The van der Waals surface area contributed by atoms with Gasteiger partial charge in [0.1, 0.15) is 0 Å². The largest absolute Gasteiger partial charge is 0.431 e. The summed E-state index contributed by atoms with van der Waals surface area (Å²) in [6, 6.07) is 2.65. The van der Waals surface area contributed by atoms with Crippen LogP contribution in [0.5, 0.6) is 0 Å². The van der Waals surface area contributed by atoms with Gasteiger partial charge in [0.05, 0.1) is 0 Å². The van der Waals surface area contributed by atoms with Gasteiger partial charge in [0.15, 0.2) is 0 Å². The van der Waals surface area contributed by atoms with E-state index in [0.29, 0.717) is 10.5 Å². The molecule has 2 aromatic heterocycles. The highest BCUT2D eigenvalue weighted by Crippen LogP contribution is 2.28. The average molecular weight is 423 g/mol. The molecule has 12 heteroatoms. The highest BCUT2D eigenvalue weighted by Gasteiger charge is 2.45. The molecule has 4 heterocycles. The lowest BCUT2D eigenvalue weighted by Gasteiger charge is -2.07. The Balaban J connectivity index is 0.000000167. The van der Waals surface area contributed by atoms with E-state index in [9.17, 15) is 24.0 Å². The van der Waals surface area contributed by atoms with E-state index in [1.54, 1.807) is 28.3 Å². The van der Waals surface area contributed by atoms with Gasteiger partial charge in [0.2, 0.25) is 12.2 Å². The maximum Gasteiger partial charge on any atom is 0.426 e. The molecule has 0 spiro atoms. The number of alkyl carbamates (subject to hydrolysis) is 1. The molecule has 0 bridgehead atoms. The first-order valence-corrected chi connectivity index (χ1v) is 9.63. The number of rotatable bonds is 2. The van der Waals surface area contributed by atoms with Crippen molar-refractivity contribution >= 4 is 52.7 Å². The lowest BCUT2D eigenvalue weighted by molar-refractivity contribution is -0.128. The zero-order valence-electron chi connectivity index (χ0n) is 14.2. The first kappa shape index (κ1) is 19.5. The Bertz CT molecular complexity index is 911. The summed E-state index contributed by atoms with van der Waals surface area (Å²) in [5.74, 6) is -1.05. The molecule has 2 fully saturated rings. The van der Waals surface area contributed by atoms with Crippen molar-refractivity contribution < 1.29 is 33.4 Å². The Morgan fingerprint density at radius 1 is 1.04 bits per heavy atom. The quantitative estimate of drug-likeness (QED) is 0.757. The summed E-state index contributed by atoms with van der Waals surface area (Å²) in [7, 11) is 1.33. The Labute approximate surface area is 166 Å². The van der Waals surface area contributed by atoms with Crippen LogP contribution < -0.4 is 10.6 Å². The molecule has 0 aliphatic carbocycles. The SMILES string of the molecule is CNC(=O)N1C(=O)OC(c2ccsc2)C1=O.O=C1NC(=O)C(c2ccsc2)O1. The summed E-state index contributed by atoms with van der Waals surface area (Å²) < 4.78 is 9.56. The molecule has 10 nitrogen and oxygen atoms in total. The number of hydrogen-bond acceptors (Lipinski definition) is 9. The number of carbonyl (C=O) groups excluding carboxylic acids is 5. The van der Waals surface area contributed by atoms with Gasteiger partial charge in [-0.25, -0.2) is 14.4 Å². The summed E-state index contributed by atoms with van der Waals surface area (Å²) >= 11 is 2.84. The normalized spacial score (nSPS) is 20.8. The van der Waals surface area contributed by atoms with Gasteiger partial charge in [-0.1, -0.05) is 0 Å². The third-order valence-electron chi connectivity index (χ3n) is 3.64. The monoisotopic (exact) mass is 423 g/mol. The minimum atomic E-state index is -1.00. The molecule has 2 aliphatic rings. The summed E-state index contributed by atoms with van der Waals surface area (Å²) in [5, 5.41) is 11.3. The molecule has 2 atom stereocenters. The molecule has 0 saturated carbocycles. The van der Waals surface area contributed by atoms with Gasteiger partial charge in [0.25, 0.3) is 11.8 Å². The highest BCUT2D eigenvalue weighted by molar-refractivity contribution is 7.08. The number of urea groups is 1. The molecule has 4 rings (SSSR count). The Morgan fingerprint density at radius 2 is 1.64 bits per heavy atom. The van der Waals surface area contributed by atoms with Crippen LogP contribution in [0.2, 0.25) is 0 Å². The van der Waals surface area contributed by atoms with Gasteiger partial charge < -0.3 is 14.8 Å². The number of ether oxygens (including phenoxy) is 2. The van der Waals surface area contributed by atoms with Crippen molar-refractivity contribution in [3.8, 4) is 0 Å². The number of cyclic esters (lactones) is 2. The maximum atomic E-state index is 11.7. The van der Waals surface area contributed by atoms with Crippen molar-refractivity contribution in [1.82, 2.24) is 15.5 Å². The number of nitrogens with zero attached hydrogens (tertiary/aromatic N) is 1. The minimum absolute atomic E-state index is 0.390. The average Bonchev–Trinajstić information content (AvgIpc) is 3.44. The third kappa shape index (κ3) is 3.87. The number of hydrogen-bond donors (Lipinski definition) is 2. The van der Waals surface area contributed by atoms with Crippen LogP contribution in [0, 0.1) is 0 Å². The second kappa shape index (κ2) is 8.19. The van der Waals surface area contributed by atoms with Crippen molar-refractivity contribution in [1.29, 1.82) is 0 Å². The van der Waals surface area contributed by atoms with E-state index in [4.69, 9.17) is 9.47 Å². The van der Waals surface area contributed by atoms with Crippen LogP contribution in [0.25, 0.3) is 0 Å². The molecule has 2 aromatic rings. The molecule has 6 amide bonds. The minimum Gasteiger partial charge on any atom is -0.431 e. The van der Waals surface area contributed by atoms with Crippen molar-refractivity contribution in [3.63, 3.8) is 0 Å². The number of carbonyl (C=O) groups is 5. The fourth-order valence-corrected chi connectivity index (χ4v) is 3.69. The van der Waals surface area contributed by atoms with Gasteiger partial charge in [0, 0.05) is 18.2 Å². The molecule has 146 valence electrons. The predicted octanol–water partition coefficient (Wildman–Crippen LogP) is 2.16. The van der Waals surface area contributed by atoms with Gasteiger partial charge in [-0.15, -0.1) is 0 Å². The van der Waals surface area contributed by atoms with Crippen LogP contribution >= 0.6 is 22.7 Å². The summed E-state index contributed by atoms with van der Waals surface area (Å²) in [6.45, 7) is 0. The van der Waals surface area contributed by atoms with Gasteiger partial charge in [-0.2, -0.15) is 27.6 Å². The lowest BCUT2D eigenvalue weighted by atomic mass is 10.2. The van der Waals surface area contributed by atoms with E-state index in [0.717, 1.165) is 5.56 Å². The zero-order valence-corrected chi connectivity index (χ0v) is 15.9. The third-order valence-corrected chi connectivity index (χ3v) is 5.05. The molecule has 2 N–H and O–H groups in total. The molecule has 0 radical (unpaired) electrons. The number of amides is 6. The number of thiophene rings is 2. The van der Waals surface area contributed by atoms with Crippen molar-refractivity contribution in [3.05, 3.63) is 44.8 Å². The van der Waals surface area contributed by atoms with Gasteiger partial charge >= 0.3 is 18.2 Å². The predicted molar refractivity (Wildman–Crippen MR) is 96.5 cm³/mol. The van der Waals surface area contributed by atoms with Crippen molar-refractivity contribution in [2.75, 3.05) is 7.05 Å². The van der Waals surface area contributed by atoms with E-state index in [2.05, 4.69) is 10.6 Å². The van der Waals surface area contributed by atoms with E-state index in [-0.39, 0.29) is 0 Å². The number of imide groups is 4. The standard InChI is InChI=1S/C9H8N2O4S.C7H5NO3S/c1-10-8(13)11-7(12)6(15-9(11)14)5-2-3-16-4-5;9-6-5(11-7(10)8-6)4-1-2-12-3-4/h2-4,6H,1H3,(H,10,13);1-3,5H,(H,8,9,10). The van der Waals surface area contributed by atoms with E-state index >= 15 is 0 Å². The Morgan fingerprint density at radius 3 is 2.11 bits per heavy atom. The highest BCUT2D eigenvalue weighted by atomic mass is 32.1. The molecular weight excluding hydrogens is 410 g/mol. The fourth-order valence-electron chi connectivity index (χ4n) is 2.34. The van der Waals surface area contributed by atoms with Gasteiger partial charge in [-0.3, -0.25) is 14.9 Å². The van der Waals surface area contributed by atoms with Crippen molar-refractivity contribution in [2.45, 2.75) is 12.2 Å². The van der Waals surface area contributed by atoms with E-state index in [1.165, 1.54) is 29.7 Å². The van der Waals surface area contributed by atoms with E-state index in [1.807, 2.05) is 5.38 Å². The molecule has 0 aromatic carbocycles. The smallest absolute Gasteiger partial charge is 0.426 e. The second-order valence-electron chi connectivity index (χ2n) is 5.38.